The maximum absolute atomic E-state index is 9.92. The number of ether oxygens (including phenoxy) is 2. The first-order chi connectivity index (χ1) is 11.5. The zero-order valence-corrected chi connectivity index (χ0v) is 13.0. The highest BCUT2D eigenvalue weighted by molar-refractivity contribution is 5.52. The minimum Gasteiger partial charge on any atom is -0.508 e. The summed E-state index contributed by atoms with van der Waals surface area (Å²) < 4.78 is 11.3. The molecule has 0 spiro atoms. The molecule has 3 rings (SSSR count). The van der Waals surface area contributed by atoms with Gasteiger partial charge in [0, 0.05) is 31.2 Å². The van der Waals surface area contributed by atoms with Gasteiger partial charge in [-0.25, -0.2) is 0 Å². The summed E-state index contributed by atoms with van der Waals surface area (Å²) in [4.78, 5) is 8.00. The van der Waals surface area contributed by atoms with E-state index in [9.17, 15) is 20.4 Å². The first-order valence-corrected chi connectivity index (χ1v) is 7.04. The fraction of sp³-hybridized carbons (Fsp3) is 0.235. The van der Waals surface area contributed by atoms with Crippen LogP contribution < -0.4 is 4.74 Å². The Balaban J connectivity index is 0.00000100. The van der Waals surface area contributed by atoms with E-state index in [-0.39, 0.29) is 29.1 Å². The predicted octanol–water partition coefficient (Wildman–Crippen LogP) is 2.02. The lowest BCUT2D eigenvalue weighted by atomic mass is 9.93. The Morgan fingerprint density at radius 2 is 1.75 bits per heavy atom. The number of carbonyl (C=O) groups is 1. The van der Waals surface area contributed by atoms with Gasteiger partial charge in [0.05, 0.1) is 0 Å². The van der Waals surface area contributed by atoms with Crippen molar-refractivity contribution in [2.45, 2.75) is 18.6 Å². The number of phenolic OH excluding ortho intramolecular Hbond substituents is 4. The van der Waals surface area contributed by atoms with E-state index in [0.717, 1.165) is 0 Å². The van der Waals surface area contributed by atoms with Gasteiger partial charge in [0.2, 0.25) is 0 Å². The number of hydrogen-bond acceptors (Lipinski definition) is 7. The van der Waals surface area contributed by atoms with Gasteiger partial charge in [0.15, 0.2) is 17.6 Å². The van der Waals surface area contributed by atoms with Crippen molar-refractivity contribution < 1.29 is 34.7 Å². The zero-order chi connectivity index (χ0) is 17.9. The minimum atomic E-state index is -0.537. The molecule has 0 fully saturated rings. The number of phenols is 4. The van der Waals surface area contributed by atoms with Crippen LogP contribution in [0.15, 0.2) is 30.3 Å². The van der Waals surface area contributed by atoms with Gasteiger partial charge >= 0.3 is 0 Å². The van der Waals surface area contributed by atoms with Crippen molar-refractivity contribution in [3.05, 3.63) is 41.5 Å². The van der Waals surface area contributed by atoms with E-state index >= 15 is 0 Å². The summed E-state index contributed by atoms with van der Waals surface area (Å²) in [5.41, 5.74) is 1.18. The highest BCUT2D eigenvalue weighted by Crippen LogP contribution is 2.43. The number of hydrogen-bond donors (Lipinski definition) is 4. The molecule has 7 heteroatoms. The second-order valence-electron chi connectivity index (χ2n) is 5.21. The maximum Gasteiger partial charge on any atom is 0.157 e. The SMILES string of the molecule is C=O.COC1Cc2c(O)cc(O)cc2OC1c1ccc(O)c(O)c1. The molecule has 2 aromatic rings. The molecule has 2 aromatic carbocycles. The smallest absolute Gasteiger partial charge is 0.157 e. The molecule has 0 saturated heterocycles. The lowest BCUT2D eigenvalue weighted by Gasteiger charge is -2.33. The van der Waals surface area contributed by atoms with E-state index in [1.165, 1.54) is 31.4 Å². The number of carbonyl (C=O) groups excluding carboxylic acids is 1. The van der Waals surface area contributed by atoms with E-state index in [1.807, 2.05) is 6.79 Å². The average molecular weight is 334 g/mol. The van der Waals surface area contributed by atoms with Crippen LogP contribution in [0.2, 0.25) is 0 Å². The Kier molecular flexibility index (Phi) is 5.15. The van der Waals surface area contributed by atoms with Crippen molar-refractivity contribution in [2.75, 3.05) is 7.11 Å². The third-order valence-corrected chi connectivity index (χ3v) is 3.80. The summed E-state index contributed by atoms with van der Waals surface area (Å²) in [5.74, 6) is -0.253. The van der Waals surface area contributed by atoms with E-state index in [0.29, 0.717) is 23.3 Å². The molecule has 7 nitrogen and oxygen atoms in total. The van der Waals surface area contributed by atoms with Crippen LogP contribution in [0.4, 0.5) is 0 Å². The van der Waals surface area contributed by atoms with Gasteiger partial charge < -0.3 is 34.7 Å². The van der Waals surface area contributed by atoms with Gasteiger partial charge in [-0.15, -0.1) is 0 Å². The highest BCUT2D eigenvalue weighted by Gasteiger charge is 2.33. The van der Waals surface area contributed by atoms with E-state index < -0.39 is 6.10 Å². The molecule has 0 radical (unpaired) electrons. The maximum atomic E-state index is 9.92. The number of benzene rings is 2. The Hall–Kier alpha value is -2.93. The quantitative estimate of drug-likeness (QED) is 0.621. The van der Waals surface area contributed by atoms with Gasteiger partial charge in [-0.2, -0.15) is 0 Å². The molecule has 1 heterocycles. The van der Waals surface area contributed by atoms with Crippen LogP contribution in [0.1, 0.15) is 17.2 Å². The normalized spacial score (nSPS) is 18.7. The topological polar surface area (TPSA) is 116 Å². The lowest BCUT2D eigenvalue weighted by molar-refractivity contribution is -0.0980. The van der Waals surface area contributed by atoms with Crippen molar-refractivity contribution in [1.82, 2.24) is 0 Å². The third-order valence-electron chi connectivity index (χ3n) is 3.80. The van der Waals surface area contributed by atoms with Crippen LogP contribution >= 0.6 is 0 Å². The lowest BCUT2D eigenvalue weighted by Crippen LogP contribution is -2.32. The predicted molar refractivity (Wildman–Crippen MR) is 84.5 cm³/mol. The van der Waals surface area contributed by atoms with Gasteiger partial charge in [0.1, 0.15) is 30.1 Å². The van der Waals surface area contributed by atoms with Crippen molar-refractivity contribution in [3.63, 3.8) is 0 Å². The summed E-state index contributed by atoms with van der Waals surface area (Å²) in [6, 6.07) is 7.07. The molecule has 0 aromatic heterocycles. The van der Waals surface area contributed by atoms with Crippen LogP contribution in [0.25, 0.3) is 0 Å². The molecule has 128 valence electrons. The number of methoxy groups -OCH3 is 1. The van der Waals surface area contributed by atoms with Crippen molar-refractivity contribution >= 4 is 6.79 Å². The standard InChI is InChI=1S/C16H16O6.CH2O/c1-21-15-7-10-12(19)5-9(17)6-14(10)22-16(15)8-2-3-11(18)13(20)4-8;1-2/h2-6,15-20H,7H2,1H3;1H2. The summed E-state index contributed by atoms with van der Waals surface area (Å²) in [6.07, 6.45) is -0.526. The molecule has 2 atom stereocenters. The molecule has 1 aliphatic rings. The van der Waals surface area contributed by atoms with Crippen LogP contribution in [0.3, 0.4) is 0 Å². The largest absolute Gasteiger partial charge is 0.508 e. The van der Waals surface area contributed by atoms with Crippen molar-refractivity contribution in [1.29, 1.82) is 0 Å². The second-order valence-corrected chi connectivity index (χ2v) is 5.21. The van der Waals surface area contributed by atoms with E-state index in [2.05, 4.69) is 0 Å². The van der Waals surface area contributed by atoms with E-state index in [4.69, 9.17) is 14.3 Å². The third kappa shape index (κ3) is 3.21. The molecule has 4 N–H and O–H groups in total. The van der Waals surface area contributed by atoms with Crippen molar-refractivity contribution in [2.24, 2.45) is 0 Å². The Morgan fingerprint density at radius 1 is 1.04 bits per heavy atom. The molecule has 24 heavy (non-hydrogen) atoms. The summed E-state index contributed by atoms with van der Waals surface area (Å²) in [7, 11) is 1.53. The van der Waals surface area contributed by atoms with Crippen molar-refractivity contribution in [3.8, 4) is 28.7 Å². The summed E-state index contributed by atoms with van der Waals surface area (Å²) >= 11 is 0. The fourth-order valence-corrected chi connectivity index (χ4v) is 2.65. The summed E-state index contributed by atoms with van der Waals surface area (Å²) in [6.45, 7) is 2.00. The zero-order valence-electron chi connectivity index (χ0n) is 13.0. The molecular formula is C17H18O7. The monoisotopic (exact) mass is 334 g/mol. The Morgan fingerprint density at radius 3 is 2.38 bits per heavy atom. The number of rotatable bonds is 2. The first-order valence-electron chi connectivity index (χ1n) is 7.04. The molecule has 0 bridgehead atoms. The van der Waals surface area contributed by atoms with Gasteiger partial charge in [-0.05, 0) is 17.7 Å². The van der Waals surface area contributed by atoms with Crippen LogP contribution in [-0.2, 0) is 16.0 Å². The average Bonchev–Trinajstić information content (AvgIpc) is 2.58. The second kappa shape index (κ2) is 7.10. The molecular weight excluding hydrogens is 316 g/mol. The molecule has 2 unspecified atom stereocenters. The van der Waals surface area contributed by atoms with Gasteiger partial charge in [0.25, 0.3) is 0 Å². The number of fused-ring (bicyclic) bond motifs is 1. The molecule has 1 aliphatic heterocycles. The minimum absolute atomic E-state index is 0.0518. The molecule has 0 amide bonds. The van der Waals surface area contributed by atoms with Crippen LogP contribution in [-0.4, -0.2) is 40.4 Å². The number of aromatic hydroxyl groups is 4. The van der Waals surface area contributed by atoms with Gasteiger partial charge in [-0.1, -0.05) is 6.07 Å². The van der Waals surface area contributed by atoms with Crippen LogP contribution in [0, 0.1) is 0 Å². The molecule has 0 aliphatic carbocycles. The Labute approximate surface area is 138 Å². The fourth-order valence-electron chi connectivity index (χ4n) is 2.65. The summed E-state index contributed by atoms with van der Waals surface area (Å²) in [5, 5.41) is 38.6. The van der Waals surface area contributed by atoms with Crippen LogP contribution in [0.5, 0.6) is 28.7 Å². The molecule has 0 saturated carbocycles. The van der Waals surface area contributed by atoms with Gasteiger partial charge in [-0.3, -0.25) is 0 Å². The Bertz CT molecular complexity index is 729. The van der Waals surface area contributed by atoms with E-state index in [1.54, 1.807) is 6.07 Å². The first kappa shape index (κ1) is 17.4. The highest BCUT2D eigenvalue weighted by atomic mass is 16.5.